The second kappa shape index (κ2) is 29.8. The zero-order chi connectivity index (χ0) is 14.5. The minimum Gasteiger partial charge on any atom is -0.0917 e. The molecule has 0 aromatic rings. The Balaban J connectivity index is -0.000000187. The maximum atomic E-state index is 2.18. The Hall–Kier alpha value is -0.780. The number of hydrogen-bond donors (Lipinski definition) is 0. The van der Waals surface area contributed by atoms with E-state index in [0.717, 1.165) is 0 Å². The van der Waals surface area contributed by atoms with Gasteiger partial charge in [-0.05, 0) is 39.5 Å². The summed E-state index contributed by atoms with van der Waals surface area (Å²) in [5, 5.41) is 0. The van der Waals surface area contributed by atoms with Crippen molar-refractivity contribution in [3.05, 3.63) is 36.5 Å². The van der Waals surface area contributed by atoms with Crippen LogP contribution in [0.4, 0.5) is 0 Å². The summed E-state index contributed by atoms with van der Waals surface area (Å²) < 4.78 is 0. The van der Waals surface area contributed by atoms with Gasteiger partial charge in [-0.3, -0.25) is 0 Å². The molecule has 0 nitrogen and oxygen atoms in total. The largest absolute Gasteiger partial charge is 0.0917 e. The van der Waals surface area contributed by atoms with Crippen LogP contribution in [0.15, 0.2) is 36.5 Å². The van der Waals surface area contributed by atoms with Crippen LogP contribution in [0, 0.1) is 0 Å². The molecule has 0 spiro atoms. The predicted octanol–water partition coefficient (Wildman–Crippen LogP) is 7.09. The molecular weight excluding hydrogens is 216 g/mol. The Kier molecular flexibility index (Phi) is 37.1. The Morgan fingerprint density at radius 1 is 0.556 bits per heavy atom. The van der Waals surface area contributed by atoms with E-state index in [1.807, 2.05) is 0 Å². The van der Waals surface area contributed by atoms with Crippen molar-refractivity contribution >= 4 is 0 Å². The van der Waals surface area contributed by atoms with Crippen molar-refractivity contribution in [1.82, 2.24) is 0 Å². The van der Waals surface area contributed by atoms with Gasteiger partial charge < -0.3 is 0 Å². The third-order valence-electron chi connectivity index (χ3n) is 2.02. The molecule has 0 aromatic carbocycles. The van der Waals surface area contributed by atoms with Gasteiger partial charge in [-0.15, -0.1) is 0 Å². The molecule has 0 aromatic heterocycles. The molecule has 0 heterocycles. The zero-order valence-electron chi connectivity index (χ0n) is 13.7. The van der Waals surface area contributed by atoms with E-state index in [1.54, 1.807) is 0 Å². The van der Waals surface area contributed by atoms with E-state index in [4.69, 9.17) is 0 Å². The van der Waals surface area contributed by atoms with Crippen molar-refractivity contribution < 1.29 is 0 Å². The first-order chi connectivity index (χ1) is 8.74. The molecule has 0 heteroatoms. The summed E-state index contributed by atoms with van der Waals surface area (Å²) in [6.45, 7) is 12.8. The van der Waals surface area contributed by atoms with E-state index in [-0.39, 0.29) is 0 Å². The van der Waals surface area contributed by atoms with Gasteiger partial charge >= 0.3 is 0 Å². The first kappa shape index (κ1) is 22.4. The zero-order valence-corrected chi connectivity index (χ0v) is 13.7. The van der Waals surface area contributed by atoms with Gasteiger partial charge in [0.2, 0.25) is 0 Å². The molecule has 0 N–H and O–H groups in total. The SMILES string of the molecule is C/C=C/CCC.C/C=C\CCC.CC/C=C/CC. The molecule has 0 radical (unpaired) electrons. The van der Waals surface area contributed by atoms with E-state index in [2.05, 4.69) is 78.0 Å². The van der Waals surface area contributed by atoms with Gasteiger partial charge in [0.15, 0.2) is 0 Å². The normalized spacial score (nSPS) is 10.3. The second-order valence-electron chi connectivity index (χ2n) is 4.00. The van der Waals surface area contributed by atoms with Crippen molar-refractivity contribution in [2.24, 2.45) is 0 Å². The highest BCUT2D eigenvalue weighted by Gasteiger charge is 1.65. The smallest absolute Gasteiger partial charge is 0.0353 e. The van der Waals surface area contributed by atoms with Gasteiger partial charge in [0, 0.05) is 0 Å². The number of allylic oxidation sites excluding steroid dienone is 6. The molecule has 0 bridgehead atoms. The van der Waals surface area contributed by atoms with Crippen LogP contribution in [0.1, 0.15) is 80.1 Å². The first-order valence-corrected chi connectivity index (χ1v) is 7.62. The van der Waals surface area contributed by atoms with Gasteiger partial charge in [0.25, 0.3) is 0 Å². The van der Waals surface area contributed by atoms with Gasteiger partial charge in [-0.1, -0.05) is 77.0 Å². The Bertz CT molecular complexity index is 152. The topological polar surface area (TPSA) is 0 Å². The van der Waals surface area contributed by atoms with E-state index >= 15 is 0 Å². The summed E-state index contributed by atoms with van der Waals surface area (Å²) in [6.07, 6.45) is 20.2. The highest BCUT2D eigenvalue weighted by Crippen LogP contribution is 1.86. The van der Waals surface area contributed by atoms with Crippen LogP contribution in [0.5, 0.6) is 0 Å². The molecule has 0 amide bonds. The van der Waals surface area contributed by atoms with E-state index in [0.29, 0.717) is 0 Å². The van der Waals surface area contributed by atoms with E-state index < -0.39 is 0 Å². The van der Waals surface area contributed by atoms with E-state index in [1.165, 1.54) is 38.5 Å². The van der Waals surface area contributed by atoms with Crippen molar-refractivity contribution in [2.75, 3.05) is 0 Å². The lowest BCUT2D eigenvalue weighted by atomic mass is 10.3. The first-order valence-electron chi connectivity index (χ1n) is 7.62. The summed E-state index contributed by atoms with van der Waals surface area (Å²) in [4.78, 5) is 0. The van der Waals surface area contributed by atoms with Gasteiger partial charge in [0.1, 0.15) is 0 Å². The number of unbranched alkanes of at least 4 members (excludes halogenated alkanes) is 2. The number of rotatable bonds is 6. The van der Waals surface area contributed by atoms with Crippen LogP contribution in [0.2, 0.25) is 0 Å². The summed E-state index contributed by atoms with van der Waals surface area (Å²) in [5.41, 5.74) is 0. The molecule has 0 aliphatic heterocycles. The minimum absolute atomic E-state index is 1.17. The Morgan fingerprint density at radius 3 is 1.00 bits per heavy atom. The van der Waals surface area contributed by atoms with Crippen LogP contribution in [0.3, 0.4) is 0 Å². The fourth-order valence-corrected chi connectivity index (χ4v) is 1.00. The lowest BCUT2D eigenvalue weighted by Gasteiger charge is -1.76. The summed E-state index contributed by atoms with van der Waals surface area (Å²) in [5.74, 6) is 0. The van der Waals surface area contributed by atoms with Crippen molar-refractivity contribution in [2.45, 2.75) is 80.1 Å². The number of hydrogen-bond acceptors (Lipinski definition) is 0. The quantitative estimate of drug-likeness (QED) is 0.443. The van der Waals surface area contributed by atoms with Crippen LogP contribution >= 0.6 is 0 Å². The standard InChI is InChI=1S/3C6H12/c3*1-3-5-6-4-2/h5-6H,3-4H2,1-2H3;2*3,5H,4,6H2,1-2H3/b6-5+;5-3+;5-3-. The third kappa shape index (κ3) is 45.5. The minimum atomic E-state index is 1.17. The summed E-state index contributed by atoms with van der Waals surface area (Å²) in [7, 11) is 0. The molecule has 0 aliphatic carbocycles. The second-order valence-corrected chi connectivity index (χ2v) is 4.00. The predicted molar refractivity (Wildman–Crippen MR) is 89.2 cm³/mol. The summed E-state index contributed by atoms with van der Waals surface area (Å²) >= 11 is 0. The van der Waals surface area contributed by atoms with Gasteiger partial charge in [-0.25, -0.2) is 0 Å². The molecule has 0 fully saturated rings. The average molecular weight is 252 g/mol. The molecule has 0 aliphatic rings. The highest BCUT2D eigenvalue weighted by molar-refractivity contribution is 4.77. The molecule has 0 saturated heterocycles. The molecule has 18 heavy (non-hydrogen) atoms. The van der Waals surface area contributed by atoms with Crippen LogP contribution in [-0.2, 0) is 0 Å². The van der Waals surface area contributed by atoms with Crippen LogP contribution in [0.25, 0.3) is 0 Å². The van der Waals surface area contributed by atoms with Crippen LogP contribution < -0.4 is 0 Å². The molecule has 0 atom stereocenters. The van der Waals surface area contributed by atoms with Crippen LogP contribution in [-0.4, -0.2) is 0 Å². The molecule has 0 saturated carbocycles. The molecule has 0 rings (SSSR count). The molecule has 108 valence electrons. The monoisotopic (exact) mass is 252 g/mol. The highest BCUT2D eigenvalue weighted by atomic mass is 13.7. The van der Waals surface area contributed by atoms with Crippen molar-refractivity contribution in [1.29, 1.82) is 0 Å². The third-order valence-corrected chi connectivity index (χ3v) is 2.02. The van der Waals surface area contributed by atoms with Gasteiger partial charge in [-0.2, -0.15) is 0 Å². The maximum absolute atomic E-state index is 2.18. The van der Waals surface area contributed by atoms with Crippen molar-refractivity contribution in [3.63, 3.8) is 0 Å². The van der Waals surface area contributed by atoms with Gasteiger partial charge in [0.05, 0.1) is 0 Å². The fourth-order valence-electron chi connectivity index (χ4n) is 1.00. The van der Waals surface area contributed by atoms with E-state index in [9.17, 15) is 0 Å². The fraction of sp³-hybridized carbons (Fsp3) is 0.667. The maximum Gasteiger partial charge on any atom is -0.0353 e. The Morgan fingerprint density at radius 2 is 0.889 bits per heavy atom. The van der Waals surface area contributed by atoms with Crippen molar-refractivity contribution in [3.8, 4) is 0 Å². The molecular formula is C18H36. The lowest BCUT2D eigenvalue weighted by molar-refractivity contribution is 0.957. The summed E-state index contributed by atoms with van der Waals surface area (Å²) in [6, 6.07) is 0. The molecule has 0 unspecified atom stereocenters. The Labute approximate surface area is 117 Å². The lowest BCUT2D eigenvalue weighted by Crippen LogP contribution is -1.55. The average Bonchev–Trinajstić information content (AvgIpc) is 2.42.